The van der Waals surface area contributed by atoms with E-state index in [1.54, 1.807) is 16.7 Å². The molecule has 0 spiro atoms. The van der Waals surface area contributed by atoms with Gasteiger partial charge < -0.3 is 16.2 Å². The Morgan fingerprint density at radius 2 is 2.26 bits per heavy atom. The molecule has 2 aromatic heterocycles. The molecule has 0 aliphatic rings. The highest BCUT2D eigenvalue weighted by molar-refractivity contribution is 7.13. The maximum atomic E-state index is 10.7. The minimum Gasteiger partial charge on any atom is -0.480 e. The van der Waals surface area contributed by atoms with Crippen LogP contribution in [-0.2, 0) is 11.2 Å². The first-order valence-corrected chi connectivity index (χ1v) is 7.41. The fraction of sp³-hybridized carbons (Fsp3) is 0.364. The molecule has 0 aromatic carbocycles. The van der Waals surface area contributed by atoms with Crippen LogP contribution in [0.15, 0.2) is 10.8 Å². The van der Waals surface area contributed by atoms with Gasteiger partial charge in [-0.1, -0.05) is 0 Å². The number of hydrogen-bond donors (Lipinski definition) is 3. The van der Waals surface area contributed by atoms with Crippen molar-refractivity contribution in [1.29, 1.82) is 0 Å². The van der Waals surface area contributed by atoms with E-state index >= 15 is 0 Å². The normalized spacial score (nSPS) is 12.3. The van der Waals surface area contributed by atoms with Crippen molar-refractivity contribution in [2.24, 2.45) is 5.73 Å². The number of thiazole rings is 2. The van der Waals surface area contributed by atoms with E-state index in [2.05, 4.69) is 15.3 Å². The smallest absolute Gasteiger partial charge is 0.326 e. The van der Waals surface area contributed by atoms with Crippen molar-refractivity contribution in [3.63, 3.8) is 0 Å². The first kappa shape index (κ1) is 13.9. The van der Waals surface area contributed by atoms with Crippen LogP contribution in [0.1, 0.15) is 22.4 Å². The Labute approximate surface area is 118 Å². The van der Waals surface area contributed by atoms with Gasteiger partial charge in [0.05, 0.1) is 10.7 Å². The first-order chi connectivity index (χ1) is 9.06. The number of aromatic nitrogens is 2. The molecule has 8 heteroatoms. The van der Waals surface area contributed by atoms with Crippen molar-refractivity contribution >= 4 is 33.8 Å². The lowest BCUT2D eigenvalue weighted by Gasteiger charge is -2.02. The Bertz CT molecular complexity index is 567. The summed E-state index contributed by atoms with van der Waals surface area (Å²) in [4.78, 5) is 19.2. The van der Waals surface area contributed by atoms with Gasteiger partial charge in [0.25, 0.3) is 0 Å². The number of nitrogens with two attached hydrogens (primary N) is 1. The van der Waals surface area contributed by atoms with Gasteiger partial charge in [0.2, 0.25) is 0 Å². The van der Waals surface area contributed by atoms with E-state index in [1.165, 1.54) is 11.3 Å². The summed E-state index contributed by atoms with van der Waals surface area (Å²) in [6.07, 6.45) is 0.818. The molecular formula is C11H14N4O2S2. The van der Waals surface area contributed by atoms with Crippen LogP contribution < -0.4 is 11.1 Å². The lowest BCUT2D eigenvalue weighted by atomic mass is 10.2. The Kier molecular flexibility index (Phi) is 4.46. The summed E-state index contributed by atoms with van der Waals surface area (Å²) in [5.41, 5.74) is 6.89. The molecule has 2 aromatic rings. The van der Waals surface area contributed by atoms with Crippen LogP contribution in [0.4, 0.5) is 5.13 Å². The number of nitrogens with zero attached hydrogens (tertiary/aromatic N) is 2. The number of hydrogen-bond acceptors (Lipinski definition) is 7. The topological polar surface area (TPSA) is 101 Å². The average Bonchev–Trinajstić information content (AvgIpc) is 2.98. The van der Waals surface area contributed by atoms with Gasteiger partial charge in [-0.05, 0) is 6.92 Å². The molecule has 102 valence electrons. The zero-order valence-corrected chi connectivity index (χ0v) is 11.9. The molecule has 0 aliphatic heterocycles. The highest BCUT2D eigenvalue weighted by atomic mass is 32.1. The Balaban J connectivity index is 1.85. The van der Waals surface area contributed by atoms with E-state index in [0.717, 1.165) is 17.1 Å². The van der Waals surface area contributed by atoms with Crippen molar-refractivity contribution < 1.29 is 9.90 Å². The zero-order valence-electron chi connectivity index (χ0n) is 10.3. The Hall–Kier alpha value is -1.51. The number of anilines is 1. The second-order valence-electron chi connectivity index (χ2n) is 3.95. The third kappa shape index (κ3) is 3.72. The second-order valence-corrected chi connectivity index (χ2v) is 5.75. The molecular weight excluding hydrogens is 284 g/mol. The molecule has 0 bridgehead atoms. The summed E-state index contributed by atoms with van der Waals surface area (Å²) in [7, 11) is 0. The maximum Gasteiger partial charge on any atom is 0.326 e. The van der Waals surface area contributed by atoms with Crippen LogP contribution in [0, 0.1) is 6.92 Å². The van der Waals surface area contributed by atoms with E-state index < -0.39 is 12.0 Å². The lowest BCUT2D eigenvalue weighted by molar-refractivity contribution is -0.138. The molecule has 19 heavy (non-hydrogen) atoms. The minimum absolute atomic E-state index is 0.380. The van der Waals surface area contributed by atoms with Gasteiger partial charge in [-0.3, -0.25) is 4.79 Å². The van der Waals surface area contributed by atoms with Crippen LogP contribution in [-0.4, -0.2) is 27.6 Å². The van der Waals surface area contributed by atoms with Gasteiger partial charge in [-0.25, -0.2) is 9.97 Å². The summed E-state index contributed by atoms with van der Waals surface area (Å²) in [6, 6.07) is -1.06. The van der Waals surface area contributed by atoms with Gasteiger partial charge in [-0.15, -0.1) is 22.7 Å². The van der Waals surface area contributed by atoms with Crippen molar-refractivity contribution in [2.45, 2.75) is 19.4 Å². The molecule has 4 N–H and O–H groups in total. The monoisotopic (exact) mass is 298 g/mol. The Morgan fingerprint density at radius 1 is 1.47 bits per heavy atom. The summed E-state index contributed by atoms with van der Waals surface area (Å²) >= 11 is 2.99. The predicted octanol–water partition coefficient (Wildman–Crippen LogP) is 1.65. The summed E-state index contributed by atoms with van der Waals surface area (Å²) < 4.78 is 0. The third-order valence-corrected chi connectivity index (χ3v) is 4.23. The van der Waals surface area contributed by atoms with E-state index in [9.17, 15) is 4.79 Å². The second kappa shape index (κ2) is 6.09. The molecule has 6 nitrogen and oxygen atoms in total. The molecule has 1 atom stereocenters. The third-order valence-electron chi connectivity index (χ3n) is 2.39. The quantitative estimate of drug-likeness (QED) is 0.749. The fourth-order valence-electron chi connectivity index (χ4n) is 1.43. The fourth-order valence-corrected chi connectivity index (χ4v) is 2.98. The standard InChI is InChI=1S/C11H14N4O2S2/c1-6-4-18-8(14-6)2-3-13-11-15-7(5-19-11)9(12)10(16)17/h4-5,9H,2-3,12H2,1H3,(H,13,15)(H,16,17). The molecule has 2 heterocycles. The molecule has 0 radical (unpaired) electrons. The zero-order chi connectivity index (χ0) is 13.8. The van der Waals surface area contributed by atoms with Crippen LogP contribution >= 0.6 is 22.7 Å². The average molecular weight is 298 g/mol. The van der Waals surface area contributed by atoms with Gasteiger partial charge in [-0.2, -0.15) is 0 Å². The van der Waals surface area contributed by atoms with Crippen molar-refractivity contribution in [3.05, 3.63) is 27.2 Å². The van der Waals surface area contributed by atoms with Gasteiger partial charge in [0.1, 0.15) is 6.04 Å². The largest absolute Gasteiger partial charge is 0.480 e. The van der Waals surface area contributed by atoms with Crippen molar-refractivity contribution in [1.82, 2.24) is 9.97 Å². The van der Waals surface area contributed by atoms with E-state index in [4.69, 9.17) is 10.8 Å². The number of rotatable bonds is 6. The lowest BCUT2D eigenvalue weighted by Crippen LogP contribution is -2.21. The van der Waals surface area contributed by atoms with E-state index in [0.29, 0.717) is 17.4 Å². The van der Waals surface area contributed by atoms with Crippen LogP contribution in [0.5, 0.6) is 0 Å². The summed E-state index contributed by atoms with van der Waals surface area (Å²) in [6.45, 7) is 2.68. The number of aryl methyl sites for hydroxylation is 1. The number of aliphatic carboxylic acids is 1. The molecule has 0 amide bonds. The highest BCUT2D eigenvalue weighted by Crippen LogP contribution is 2.19. The SMILES string of the molecule is Cc1csc(CCNc2nc(C(N)C(=O)O)cs2)n1. The summed E-state index contributed by atoms with van der Waals surface area (Å²) in [5.74, 6) is -1.07. The number of nitrogens with one attached hydrogen (secondary N) is 1. The molecule has 0 saturated carbocycles. The summed E-state index contributed by atoms with van der Waals surface area (Å²) in [5, 5.41) is 17.4. The first-order valence-electron chi connectivity index (χ1n) is 5.65. The van der Waals surface area contributed by atoms with E-state index in [-0.39, 0.29) is 0 Å². The predicted molar refractivity (Wildman–Crippen MR) is 75.7 cm³/mol. The minimum atomic E-state index is -1.07. The molecule has 1 unspecified atom stereocenters. The van der Waals surface area contributed by atoms with Crippen molar-refractivity contribution in [3.8, 4) is 0 Å². The molecule has 0 fully saturated rings. The van der Waals surface area contributed by atoms with Crippen LogP contribution in [0.25, 0.3) is 0 Å². The molecule has 0 aliphatic carbocycles. The molecule has 0 saturated heterocycles. The Morgan fingerprint density at radius 3 is 2.89 bits per heavy atom. The van der Waals surface area contributed by atoms with Gasteiger partial charge >= 0.3 is 5.97 Å². The number of carboxylic acids is 1. The highest BCUT2D eigenvalue weighted by Gasteiger charge is 2.17. The van der Waals surface area contributed by atoms with Crippen LogP contribution in [0.2, 0.25) is 0 Å². The van der Waals surface area contributed by atoms with E-state index in [1.807, 2.05) is 12.3 Å². The molecule has 2 rings (SSSR count). The number of carboxylic acid groups (broad SMARTS) is 1. The van der Waals surface area contributed by atoms with Crippen LogP contribution in [0.3, 0.4) is 0 Å². The van der Waals surface area contributed by atoms with Crippen molar-refractivity contribution in [2.75, 3.05) is 11.9 Å². The number of carbonyl (C=O) groups is 1. The van der Waals surface area contributed by atoms with Gasteiger partial charge in [0.15, 0.2) is 5.13 Å². The maximum absolute atomic E-state index is 10.7. The van der Waals surface area contributed by atoms with Gasteiger partial charge in [0, 0.05) is 29.4 Å².